The van der Waals surface area contributed by atoms with Crippen molar-refractivity contribution in [1.29, 1.82) is 5.26 Å². The number of hydrogen-bond acceptors (Lipinski definition) is 8. The summed E-state index contributed by atoms with van der Waals surface area (Å²) in [5.41, 5.74) is -0.0715. The van der Waals surface area contributed by atoms with Crippen molar-refractivity contribution in [3.8, 4) is 6.07 Å². The highest BCUT2D eigenvalue weighted by molar-refractivity contribution is 7.99. The number of nitro benzene ring substituents is 1. The van der Waals surface area contributed by atoms with Crippen molar-refractivity contribution in [2.75, 3.05) is 20.3 Å². The fourth-order valence-corrected chi connectivity index (χ4v) is 2.89. The first-order chi connectivity index (χ1) is 13.0. The third kappa shape index (κ3) is 5.40. The van der Waals surface area contributed by atoms with Crippen LogP contribution in [-0.4, -0.2) is 40.8 Å². The fraction of sp³-hybridized carbons (Fsp3) is 0.235. The van der Waals surface area contributed by atoms with E-state index < -0.39 is 10.9 Å². The Morgan fingerprint density at radius 2 is 2.26 bits per heavy atom. The summed E-state index contributed by atoms with van der Waals surface area (Å²) in [5.74, 6) is -0.816. The summed E-state index contributed by atoms with van der Waals surface area (Å²) in [7, 11) is 3.24. The molecule has 0 bridgehead atoms. The molecule has 0 aliphatic heterocycles. The number of nitrogens with zero attached hydrogens (tertiary/aromatic N) is 4. The van der Waals surface area contributed by atoms with Crippen LogP contribution in [0.15, 0.2) is 46.2 Å². The maximum atomic E-state index is 11.9. The summed E-state index contributed by atoms with van der Waals surface area (Å²) in [6.45, 7) is 0.211. The normalized spacial score (nSPS) is 11.1. The van der Waals surface area contributed by atoms with Gasteiger partial charge >= 0.3 is 5.97 Å². The lowest BCUT2D eigenvalue weighted by molar-refractivity contribution is -0.387. The van der Waals surface area contributed by atoms with Crippen molar-refractivity contribution in [2.45, 2.75) is 10.1 Å². The van der Waals surface area contributed by atoms with Gasteiger partial charge in [-0.2, -0.15) is 5.26 Å². The largest absolute Gasteiger partial charge is 0.459 e. The Kier molecular flexibility index (Phi) is 7.10. The third-order valence-electron chi connectivity index (χ3n) is 3.33. The predicted octanol–water partition coefficient (Wildman–Crippen LogP) is 2.58. The third-order valence-corrected chi connectivity index (χ3v) is 4.47. The van der Waals surface area contributed by atoms with Crippen LogP contribution in [0.5, 0.6) is 0 Å². The van der Waals surface area contributed by atoms with Crippen LogP contribution in [-0.2, 0) is 21.3 Å². The monoisotopic (exact) mass is 388 g/mol. The number of hydrogen-bond donors (Lipinski definition) is 0. The average molecular weight is 388 g/mol. The second kappa shape index (κ2) is 9.51. The molecular formula is C17H16N4O5S. The van der Waals surface area contributed by atoms with Gasteiger partial charge in [0.05, 0.1) is 16.4 Å². The van der Waals surface area contributed by atoms with E-state index in [-0.39, 0.29) is 24.5 Å². The van der Waals surface area contributed by atoms with E-state index in [9.17, 15) is 14.9 Å². The highest BCUT2D eigenvalue weighted by Gasteiger charge is 2.18. The Morgan fingerprint density at radius 1 is 1.48 bits per heavy atom. The van der Waals surface area contributed by atoms with Crippen LogP contribution in [0.25, 0.3) is 6.08 Å². The number of carbonyl (C=O) groups is 1. The minimum Gasteiger partial charge on any atom is -0.459 e. The Bertz CT molecular complexity index is 916. The van der Waals surface area contributed by atoms with Crippen molar-refractivity contribution in [2.24, 2.45) is 7.05 Å². The van der Waals surface area contributed by atoms with Crippen LogP contribution in [0.4, 0.5) is 5.69 Å². The number of ether oxygens (including phenoxy) is 2. The van der Waals surface area contributed by atoms with E-state index in [2.05, 4.69) is 4.98 Å². The van der Waals surface area contributed by atoms with Gasteiger partial charge in [0.1, 0.15) is 18.2 Å². The smallest absolute Gasteiger partial charge is 0.348 e. The van der Waals surface area contributed by atoms with Gasteiger partial charge < -0.3 is 14.0 Å². The van der Waals surface area contributed by atoms with Gasteiger partial charge in [-0.25, -0.2) is 9.78 Å². The zero-order chi connectivity index (χ0) is 19.8. The number of nitriles is 1. The summed E-state index contributed by atoms with van der Waals surface area (Å²) in [5, 5.41) is 21.2. The molecule has 2 rings (SSSR count). The lowest BCUT2D eigenvalue weighted by Gasteiger charge is -2.05. The quantitative estimate of drug-likeness (QED) is 0.169. The zero-order valence-electron chi connectivity index (χ0n) is 14.6. The predicted molar refractivity (Wildman–Crippen MR) is 96.9 cm³/mol. The first-order valence-corrected chi connectivity index (χ1v) is 8.49. The Morgan fingerprint density at radius 3 is 2.85 bits per heavy atom. The molecule has 0 radical (unpaired) electrons. The highest BCUT2D eigenvalue weighted by atomic mass is 32.2. The van der Waals surface area contributed by atoms with Crippen LogP contribution in [0.1, 0.15) is 5.56 Å². The molecule has 0 aliphatic rings. The molecular weight excluding hydrogens is 372 g/mol. The molecule has 1 heterocycles. The lowest BCUT2D eigenvalue weighted by atomic mass is 10.1. The standard InChI is InChI=1S/C17H16N4O5S/c1-20-6-5-19-17(20)27-15-4-3-12(10-14(15)21(23)24)9-13(11-18)16(22)26-8-7-25-2/h3-6,9-10H,7-8H2,1-2H3. The molecule has 0 spiro atoms. The molecule has 0 fully saturated rings. The van der Waals surface area contributed by atoms with Crippen molar-refractivity contribution in [3.63, 3.8) is 0 Å². The van der Waals surface area contributed by atoms with Gasteiger partial charge in [-0.3, -0.25) is 10.1 Å². The van der Waals surface area contributed by atoms with E-state index >= 15 is 0 Å². The fourth-order valence-electron chi connectivity index (χ4n) is 2.00. The van der Waals surface area contributed by atoms with Crippen LogP contribution < -0.4 is 0 Å². The first-order valence-electron chi connectivity index (χ1n) is 7.67. The topological polar surface area (TPSA) is 120 Å². The van der Waals surface area contributed by atoms with Gasteiger partial charge in [-0.15, -0.1) is 0 Å². The minimum absolute atomic E-state index is 0.00768. The first kappa shape index (κ1) is 20.2. The van der Waals surface area contributed by atoms with Crippen LogP contribution in [0, 0.1) is 21.4 Å². The average Bonchev–Trinajstić information content (AvgIpc) is 3.05. The maximum absolute atomic E-state index is 11.9. The molecule has 0 saturated carbocycles. The van der Waals surface area contributed by atoms with E-state index in [1.54, 1.807) is 42.2 Å². The summed E-state index contributed by atoms with van der Waals surface area (Å²) >= 11 is 1.15. The van der Waals surface area contributed by atoms with Crippen molar-refractivity contribution >= 4 is 29.5 Å². The summed E-state index contributed by atoms with van der Waals surface area (Å²) in [6.07, 6.45) is 4.58. The van der Waals surface area contributed by atoms with Gasteiger partial charge in [0, 0.05) is 32.6 Å². The van der Waals surface area contributed by atoms with Crippen LogP contribution in [0.3, 0.4) is 0 Å². The molecule has 2 aromatic rings. The number of benzene rings is 1. The van der Waals surface area contributed by atoms with Gasteiger partial charge in [0.2, 0.25) is 0 Å². The molecule has 0 amide bonds. The molecule has 9 nitrogen and oxygen atoms in total. The number of rotatable bonds is 8. The minimum atomic E-state index is -0.816. The molecule has 0 saturated heterocycles. The number of methoxy groups -OCH3 is 1. The number of esters is 1. The van der Waals surface area contributed by atoms with Crippen molar-refractivity contribution < 1.29 is 19.2 Å². The number of aryl methyl sites for hydroxylation is 1. The number of carbonyl (C=O) groups excluding carboxylic acids is 1. The Hall–Kier alpha value is -3.16. The second-order valence-electron chi connectivity index (χ2n) is 5.21. The van der Waals surface area contributed by atoms with Gasteiger partial charge in [0.25, 0.3) is 5.69 Å². The zero-order valence-corrected chi connectivity index (χ0v) is 15.4. The highest BCUT2D eigenvalue weighted by Crippen LogP contribution is 2.34. The molecule has 1 aromatic carbocycles. The number of nitro groups is 1. The number of imidazole rings is 1. The van der Waals surface area contributed by atoms with Crippen molar-refractivity contribution in [1.82, 2.24) is 9.55 Å². The molecule has 0 aliphatic carbocycles. The summed E-state index contributed by atoms with van der Waals surface area (Å²) in [4.78, 5) is 27.3. The van der Waals surface area contributed by atoms with Gasteiger partial charge in [-0.1, -0.05) is 6.07 Å². The molecule has 140 valence electrons. The van der Waals surface area contributed by atoms with Crippen LogP contribution in [0.2, 0.25) is 0 Å². The summed E-state index contributed by atoms with van der Waals surface area (Å²) in [6, 6.07) is 6.17. The van der Waals surface area contributed by atoms with E-state index in [0.29, 0.717) is 15.6 Å². The van der Waals surface area contributed by atoms with Crippen LogP contribution >= 0.6 is 11.8 Å². The van der Waals surface area contributed by atoms with Crippen molar-refractivity contribution in [3.05, 3.63) is 51.8 Å². The molecule has 1 aromatic heterocycles. The Labute approximate surface area is 159 Å². The van der Waals surface area contributed by atoms with E-state index in [1.807, 2.05) is 0 Å². The number of aromatic nitrogens is 2. The van der Waals surface area contributed by atoms with E-state index in [4.69, 9.17) is 14.7 Å². The molecule has 27 heavy (non-hydrogen) atoms. The van der Waals surface area contributed by atoms with Gasteiger partial charge in [0.15, 0.2) is 5.16 Å². The van der Waals surface area contributed by atoms with E-state index in [1.165, 1.54) is 19.3 Å². The van der Waals surface area contributed by atoms with Gasteiger partial charge in [-0.05, 0) is 29.5 Å². The molecule has 10 heteroatoms. The lowest BCUT2D eigenvalue weighted by Crippen LogP contribution is -2.11. The molecule has 0 atom stereocenters. The molecule has 0 unspecified atom stereocenters. The molecule has 0 N–H and O–H groups in total. The summed E-state index contributed by atoms with van der Waals surface area (Å²) < 4.78 is 11.4. The second-order valence-corrected chi connectivity index (χ2v) is 6.21. The maximum Gasteiger partial charge on any atom is 0.348 e. The van der Waals surface area contributed by atoms with E-state index in [0.717, 1.165) is 11.8 Å². The Balaban J connectivity index is 2.28. The SMILES string of the molecule is COCCOC(=O)C(C#N)=Cc1ccc(Sc2nccn2C)c([N+](=O)[O-])c1.